The van der Waals surface area contributed by atoms with Gasteiger partial charge in [-0.15, -0.1) is 0 Å². The van der Waals surface area contributed by atoms with E-state index in [0.29, 0.717) is 44.8 Å². The highest BCUT2D eigenvalue weighted by molar-refractivity contribution is 7.86. The number of hydrogen-bond acceptors (Lipinski definition) is 4. The molecule has 0 radical (unpaired) electrons. The predicted molar refractivity (Wildman–Crippen MR) is 104 cm³/mol. The summed E-state index contributed by atoms with van der Waals surface area (Å²) in [6, 6.07) is 5.78. The van der Waals surface area contributed by atoms with E-state index in [-0.39, 0.29) is 18.1 Å². The Morgan fingerprint density at radius 1 is 1.00 bits per heavy atom. The van der Waals surface area contributed by atoms with Crippen molar-refractivity contribution in [2.24, 2.45) is 0 Å². The fraction of sp³-hybridized carbons (Fsp3) is 0.632. The molecule has 1 aromatic carbocycles. The topological polar surface area (TPSA) is 70.2 Å². The number of amides is 1. The van der Waals surface area contributed by atoms with Crippen LogP contribution in [-0.2, 0) is 14.9 Å². The monoisotopic (exact) mass is 395 g/mol. The normalized spacial score (nSPS) is 25.6. The molecule has 0 bridgehead atoms. The zero-order valence-electron chi connectivity index (χ0n) is 16.5. The molecule has 3 rings (SSSR count). The number of carbonyl (C=O) groups is 1. The van der Waals surface area contributed by atoms with Gasteiger partial charge in [-0.05, 0) is 39.3 Å². The number of morpholine rings is 1. The van der Waals surface area contributed by atoms with E-state index in [1.165, 1.54) is 8.61 Å². The molecule has 7 nitrogen and oxygen atoms in total. The van der Waals surface area contributed by atoms with Gasteiger partial charge in [0.25, 0.3) is 16.1 Å². The smallest absolute Gasteiger partial charge is 0.282 e. The molecule has 1 amide bonds. The number of nitrogens with zero attached hydrogens (tertiary/aromatic N) is 3. The Morgan fingerprint density at radius 3 is 2.15 bits per heavy atom. The van der Waals surface area contributed by atoms with Crippen LogP contribution in [0.25, 0.3) is 0 Å². The molecule has 2 atom stereocenters. The Labute approximate surface area is 162 Å². The van der Waals surface area contributed by atoms with Crippen molar-refractivity contribution in [1.82, 2.24) is 13.5 Å². The van der Waals surface area contributed by atoms with Crippen LogP contribution in [-0.4, -0.2) is 79.3 Å². The Morgan fingerprint density at radius 2 is 1.59 bits per heavy atom. The van der Waals surface area contributed by atoms with Crippen molar-refractivity contribution in [3.8, 4) is 0 Å². The lowest BCUT2D eigenvalue weighted by Crippen LogP contribution is -2.57. The molecule has 2 saturated heterocycles. The fourth-order valence-electron chi connectivity index (χ4n) is 3.83. The highest BCUT2D eigenvalue weighted by atomic mass is 32.2. The Hall–Kier alpha value is -1.48. The standard InChI is InChI=1S/C19H29N3O4S/c1-14-5-6-18(15(2)11-14)19(23)20-7-9-21(10-8-20)27(24,25)22-12-16(3)26-17(4)13-22/h5-6,11,16-17H,7-10,12-13H2,1-4H3. The maximum Gasteiger partial charge on any atom is 0.282 e. The molecule has 0 spiro atoms. The van der Waals surface area contributed by atoms with Crippen LogP contribution >= 0.6 is 0 Å². The maximum atomic E-state index is 13.0. The van der Waals surface area contributed by atoms with E-state index in [0.717, 1.165) is 11.1 Å². The number of piperazine rings is 1. The average molecular weight is 396 g/mol. The minimum absolute atomic E-state index is 0.0295. The first-order chi connectivity index (χ1) is 12.7. The Kier molecular flexibility index (Phi) is 5.90. The number of hydrogen-bond donors (Lipinski definition) is 0. The number of benzene rings is 1. The van der Waals surface area contributed by atoms with Crippen LogP contribution in [0.3, 0.4) is 0 Å². The summed E-state index contributed by atoms with van der Waals surface area (Å²) in [5, 5.41) is 0. The van der Waals surface area contributed by atoms with Crippen molar-refractivity contribution in [2.75, 3.05) is 39.3 Å². The van der Waals surface area contributed by atoms with Crippen molar-refractivity contribution in [3.63, 3.8) is 0 Å². The van der Waals surface area contributed by atoms with E-state index in [1.807, 2.05) is 45.9 Å². The first kappa shape index (κ1) is 20.3. The van der Waals surface area contributed by atoms with Crippen LogP contribution in [0.4, 0.5) is 0 Å². The summed E-state index contributed by atoms with van der Waals surface area (Å²) in [7, 11) is -3.53. The van der Waals surface area contributed by atoms with Crippen LogP contribution in [0.15, 0.2) is 18.2 Å². The van der Waals surface area contributed by atoms with Gasteiger partial charge in [-0.3, -0.25) is 4.79 Å². The lowest BCUT2D eigenvalue weighted by molar-refractivity contribution is -0.0457. The lowest BCUT2D eigenvalue weighted by Gasteiger charge is -2.40. The minimum Gasteiger partial charge on any atom is -0.373 e. The molecule has 2 heterocycles. The van der Waals surface area contributed by atoms with Gasteiger partial charge in [-0.25, -0.2) is 0 Å². The maximum absolute atomic E-state index is 13.0. The first-order valence-electron chi connectivity index (χ1n) is 9.45. The van der Waals surface area contributed by atoms with Crippen LogP contribution in [0.1, 0.15) is 35.3 Å². The van der Waals surface area contributed by atoms with Crippen LogP contribution < -0.4 is 0 Å². The molecule has 2 unspecified atom stereocenters. The molecule has 2 aliphatic rings. The third-order valence-corrected chi connectivity index (χ3v) is 7.15. The van der Waals surface area contributed by atoms with Gasteiger partial charge in [0.05, 0.1) is 12.2 Å². The Balaban J connectivity index is 1.65. The highest BCUT2D eigenvalue weighted by Crippen LogP contribution is 2.20. The van der Waals surface area contributed by atoms with Crippen molar-refractivity contribution in [1.29, 1.82) is 0 Å². The van der Waals surface area contributed by atoms with Gasteiger partial charge in [0.1, 0.15) is 0 Å². The van der Waals surface area contributed by atoms with Crippen LogP contribution in [0, 0.1) is 13.8 Å². The van der Waals surface area contributed by atoms with Crippen molar-refractivity contribution in [3.05, 3.63) is 34.9 Å². The zero-order chi connectivity index (χ0) is 19.8. The van der Waals surface area contributed by atoms with E-state index in [9.17, 15) is 13.2 Å². The van der Waals surface area contributed by atoms with E-state index in [1.54, 1.807) is 4.90 Å². The van der Waals surface area contributed by atoms with Crippen molar-refractivity contribution < 1.29 is 17.9 Å². The van der Waals surface area contributed by atoms with Gasteiger partial charge < -0.3 is 9.64 Å². The van der Waals surface area contributed by atoms with Gasteiger partial charge in [0.15, 0.2) is 0 Å². The van der Waals surface area contributed by atoms with E-state index in [4.69, 9.17) is 4.74 Å². The lowest BCUT2D eigenvalue weighted by atomic mass is 10.0. The minimum atomic E-state index is -3.53. The van der Waals surface area contributed by atoms with Gasteiger partial charge in [-0.2, -0.15) is 17.0 Å². The molecule has 2 aliphatic heterocycles. The molecule has 0 N–H and O–H groups in total. The average Bonchev–Trinajstić information content (AvgIpc) is 2.60. The summed E-state index contributed by atoms with van der Waals surface area (Å²) >= 11 is 0. The summed E-state index contributed by atoms with van der Waals surface area (Å²) in [6.07, 6.45) is -0.230. The van der Waals surface area contributed by atoms with E-state index in [2.05, 4.69) is 0 Å². The molecule has 1 aromatic rings. The number of carbonyl (C=O) groups excluding carboxylic acids is 1. The predicted octanol–water partition coefficient (Wildman–Crippen LogP) is 1.42. The molecule has 0 saturated carbocycles. The van der Waals surface area contributed by atoms with Gasteiger partial charge >= 0.3 is 0 Å². The molecule has 27 heavy (non-hydrogen) atoms. The first-order valence-corrected chi connectivity index (χ1v) is 10.9. The summed E-state index contributed by atoms with van der Waals surface area (Å²) in [5.41, 5.74) is 2.76. The highest BCUT2D eigenvalue weighted by Gasteiger charge is 2.37. The molecule has 0 aromatic heterocycles. The second-order valence-corrected chi connectivity index (χ2v) is 9.52. The van der Waals surface area contributed by atoms with Gasteiger partial charge in [0.2, 0.25) is 0 Å². The number of ether oxygens (including phenoxy) is 1. The summed E-state index contributed by atoms with van der Waals surface area (Å²) in [6.45, 7) is 9.89. The summed E-state index contributed by atoms with van der Waals surface area (Å²) in [4.78, 5) is 14.6. The molecule has 150 valence electrons. The third-order valence-electron chi connectivity index (χ3n) is 5.18. The number of rotatable bonds is 3. The summed E-state index contributed by atoms with van der Waals surface area (Å²) < 4.78 is 34.6. The number of aryl methyl sites for hydroxylation is 2. The molecule has 0 aliphatic carbocycles. The van der Waals surface area contributed by atoms with Gasteiger partial charge in [-0.1, -0.05) is 17.7 Å². The molecular weight excluding hydrogens is 366 g/mol. The SMILES string of the molecule is Cc1ccc(C(=O)N2CCN(S(=O)(=O)N3CC(C)OC(C)C3)CC2)c(C)c1. The quantitative estimate of drug-likeness (QED) is 0.776. The van der Waals surface area contributed by atoms with Gasteiger partial charge in [0, 0.05) is 44.8 Å². The van der Waals surface area contributed by atoms with Crippen molar-refractivity contribution >= 4 is 16.1 Å². The Bertz CT molecular complexity index is 793. The molecular formula is C19H29N3O4S. The van der Waals surface area contributed by atoms with E-state index < -0.39 is 10.2 Å². The fourth-order valence-corrected chi connectivity index (χ4v) is 5.58. The van der Waals surface area contributed by atoms with E-state index >= 15 is 0 Å². The molecule has 8 heteroatoms. The second kappa shape index (κ2) is 7.87. The van der Waals surface area contributed by atoms with Crippen molar-refractivity contribution in [2.45, 2.75) is 39.9 Å². The second-order valence-electron chi connectivity index (χ2n) is 7.59. The summed E-state index contributed by atoms with van der Waals surface area (Å²) in [5.74, 6) is -0.0295. The zero-order valence-corrected chi connectivity index (χ0v) is 17.3. The third kappa shape index (κ3) is 4.34. The molecule has 2 fully saturated rings. The van der Waals surface area contributed by atoms with Crippen LogP contribution in [0.2, 0.25) is 0 Å². The largest absolute Gasteiger partial charge is 0.373 e. The van der Waals surface area contributed by atoms with Crippen LogP contribution in [0.5, 0.6) is 0 Å².